The van der Waals surface area contributed by atoms with Crippen molar-refractivity contribution in [3.63, 3.8) is 0 Å². The number of hydrogen-bond donors (Lipinski definition) is 1. The second kappa shape index (κ2) is 5.89. The van der Waals surface area contributed by atoms with E-state index in [-0.39, 0.29) is 24.5 Å². The van der Waals surface area contributed by atoms with E-state index in [2.05, 4.69) is 6.07 Å². The molecule has 3 atom stereocenters. The maximum absolute atomic E-state index is 11.6. The number of benzene rings is 1. The van der Waals surface area contributed by atoms with Crippen LogP contribution in [0.1, 0.15) is 30.9 Å². The highest BCUT2D eigenvalue weighted by Gasteiger charge is 2.50. The average Bonchev–Trinajstić information content (AvgIpc) is 2.40. The number of allylic oxidation sites excluding steroid dienone is 1. The molecule has 0 bridgehead atoms. The molecule has 104 valence electrons. The number of aliphatic hydroxyl groups excluding tert-OH is 1. The first-order chi connectivity index (χ1) is 9.65. The van der Waals surface area contributed by atoms with E-state index in [9.17, 15) is 15.2 Å². The minimum Gasteiger partial charge on any atom is -0.394 e. The average molecular weight is 270 g/mol. The molecular formula is C16H18N2O2. The molecule has 4 heteroatoms. The monoisotopic (exact) mass is 270 g/mol. The van der Waals surface area contributed by atoms with E-state index in [4.69, 9.17) is 0 Å². The maximum Gasteiger partial charge on any atom is 0.220 e. The third kappa shape index (κ3) is 2.21. The van der Waals surface area contributed by atoms with Gasteiger partial charge in [0.2, 0.25) is 5.91 Å². The lowest BCUT2D eigenvalue weighted by Gasteiger charge is -2.51. The number of aliphatic hydroxyl groups is 1. The summed E-state index contributed by atoms with van der Waals surface area (Å²) in [6.45, 7) is 3.23. The molecular weight excluding hydrogens is 252 g/mol. The van der Waals surface area contributed by atoms with Gasteiger partial charge in [-0.1, -0.05) is 36.4 Å². The number of carbonyl (C=O) groups excluding carboxylic acids is 1. The standard InChI is InChI=1S/C16H18N2O2/c1-3-6-12-7-4-5-8-13(12)16-14(9-17)18(11(2)20)15(16)10-19/h3-8,14-16,19H,10H2,1-2H3/b6-3+/t14-,15+,16-/m0/s1. The predicted octanol–water partition coefficient (Wildman–Crippen LogP) is 1.92. The van der Waals surface area contributed by atoms with Crippen molar-refractivity contribution in [2.75, 3.05) is 6.61 Å². The lowest BCUT2D eigenvalue weighted by Crippen LogP contribution is -2.64. The quantitative estimate of drug-likeness (QED) is 0.912. The summed E-state index contributed by atoms with van der Waals surface area (Å²) in [7, 11) is 0. The van der Waals surface area contributed by atoms with E-state index in [1.54, 1.807) is 0 Å². The molecule has 0 aliphatic carbocycles. The molecule has 1 aromatic carbocycles. The highest BCUT2D eigenvalue weighted by molar-refractivity contribution is 5.77. The van der Waals surface area contributed by atoms with E-state index in [1.807, 2.05) is 43.3 Å². The molecule has 1 saturated heterocycles. The van der Waals surface area contributed by atoms with Crippen LogP contribution in [0.2, 0.25) is 0 Å². The normalized spacial score (nSPS) is 25.3. The number of carbonyl (C=O) groups is 1. The van der Waals surface area contributed by atoms with Gasteiger partial charge in [0.05, 0.1) is 18.7 Å². The molecule has 1 amide bonds. The molecule has 2 rings (SSSR count). The first kappa shape index (κ1) is 14.3. The fraction of sp³-hybridized carbons (Fsp3) is 0.375. The Labute approximate surface area is 118 Å². The topological polar surface area (TPSA) is 64.3 Å². The Morgan fingerprint density at radius 1 is 1.50 bits per heavy atom. The van der Waals surface area contributed by atoms with Gasteiger partial charge in [-0.2, -0.15) is 5.26 Å². The van der Waals surface area contributed by atoms with Crippen LogP contribution in [0.15, 0.2) is 30.3 Å². The molecule has 1 aliphatic rings. The number of hydrogen-bond acceptors (Lipinski definition) is 3. The smallest absolute Gasteiger partial charge is 0.220 e. The Bertz CT molecular complexity index is 574. The van der Waals surface area contributed by atoms with Gasteiger partial charge in [0, 0.05) is 12.8 Å². The molecule has 0 spiro atoms. The Kier molecular flexibility index (Phi) is 4.21. The highest BCUT2D eigenvalue weighted by Crippen LogP contribution is 2.41. The number of nitrogens with zero attached hydrogens (tertiary/aromatic N) is 2. The van der Waals surface area contributed by atoms with Gasteiger partial charge in [0.15, 0.2) is 0 Å². The molecule has 1 aromatic rings. The largest absolute Gasteiger partial charge is 0.394 e. The fourth-order valence-corrected chi connectivity index (χ4v) is 2.96. The van der Waals surface area contributed by atoms with E-state index in [1.165, 1.54) is 11.8 Å². The van der Waals surface area contributed by atoms with Crippen LogP contribution >= 0.6 is 0 Å². The number of likely N-dealkylation sites (tertiary alicyclic amines) is 1. The second-order valence-electron chi connectivity index (χ2n) is 4.90. The summed E-state index contributed by atoms with van der Waals surface area (Å²) < 4.78 is 0. The minimum absolute atomic E-state index is 0.132. The van der Waals surface area contributed by atoms with Crippen molar-refractivity contribution in [3.8, 4) is 6.07 Å². The van der Waals surface area contributed by atoms with E-state index < -0.39 is 6.04 Å². The van der Waals surface area contributed by atoms with Crippen LogP contribution in [-0.4, -0.2) is 34.6 Å². The summed E-state index contributed by atoms with van der Waals surface area (Å²) in [5.41, 5.74) is 2.04. The summed E-state index contributed by atoms with van der Waals surface area (Å²) in [6, 6.07) is 9.17. The SMILES string of the molecule is C/C=C/c1ccccc1[C@@H]1[C@@H](CO)N(C(C)=O)[C@H]1C#N. The number of nitriles is 1. The van der Waals surface area contributed by atoms with Gasteiger partial charge in [0.25, 0.3) is 0 Å². The zero-order valence-corrected chi connectivity index (χ0v) is 11.7. The first-order valence-corrected chi connectivity index (χ1v) is 6.66. The first-order valence-electron chi connectivity index (χ1n) is 6.66. The lowest BCUT2D eigenvalue weighted by atomic mass is 9.74. The van der Waals surface area contributed by atoms with Crippen LogP contribution in [0.3, 0.4) is 0 Å². The van der Waals surface area contributed by atoms with E-state index >= 15 is 0 Å². The molecule has 0 radical (unpaired) electrons. The summed E-state index contributed by atoms with van der Waals surface area (Å²) in [6.07, 6.45) is 3.92. The van der Waals surface area contributed by atoms with Gasteiger partial charge >= 0.3 is 0 Å². The Balaban J connectivity index is 2.42. The van der Waals surface area contributed by atoms with Gasteiger partial charge in [-0.05, 0) is 18.1 Å². The lowest BCUT2D eigenvalue weighted by molar-refractivity contribution is -0.144. The molecule has 0 aromatic heterocycles. The third-order valence-corrected chi connectivity index (χ3v) is 3.80. The van der Waals surface area contributed by atoms with Crippen molar-refractivity contribution in [2.24, 2.45) is 0 Å². The van der Waals surface area contributed by atoms with Crippen molar-refractivity contribution in [1.82, 2.24) is 4.90 Å². The highest BCUT2D eigenvalue weighted by atomic mass is 16.3. The van der Waals surface area contributed by atoms with Crippen molar-refractivity contribution in [3.05, 3.63) is 41.5 Å². The molecule has 20 heavy (non-hydrogen) atoms. The van der Waals surface area contributed by atoms with Crippen molar-refractivity contribution >= 4 is 12.0 Å². The van der Waals surface area contributed by atoms with E-state index in [0.29, 0.717) is 0 Å². The Hall–Kier alpha value is -2.12. The van der Waals surface area contributed by atoms with Crippen LogP contribution in [-0.2, 0) is 4.79 Å². The third-order valence-electron chi connectivity index (χ3n) is 3.80. The van der Waals surface area contributed by atoms with Gasteiger partial charge in [0.1, 0.15) is 6.04 Å². The molecule has 1 aliphatic heterocycles. The van der Waals surface area contributed by atoms with Crippen molar-refractivity contribution in [1.29, 1.82) is 5.26 Å². The Morgan fingerprint density at radius 2 is 2.20 bits per heavy atom. The molecule has 4 nitrogen and oxygen atoms in total. The zero-order valence-electron chi connectivity index (χ0n) is 11.7. The van der Waals surface area contributed by atoms with Gasteiger partial charge in [-0.25, -0.2) is 0 Å². The predicted molar refractivity (Wildman–Crippen MR) is 76.7 cm³/mol. The maximum atomic E-state index is 11.6. The molecule has 1 heterocycles. The van der Waals surface area contributed by atoms with Crippen LogP contribution < -0.4 is 0 Å². The van der Waals surface area contributed by atoms with Crippen LogP contribution in [0.25, 0.3) is 6.08 Å². The minimum atomic E-state index is -0.504. The van der Waals surface area contributed by atoms with Crippen LogP contribution in [0, 0.1) is 11.3 Å². The molecule has 1 N–H and O–H groups in total. The summed E-state index contributed by atoms with van der Waals surface area (Å²) >= 11 is 0. The molecule has 1 fully saturated rings. The summed E-state index contributed by atoms with van der Waals surface area (Å²) in [5, 5.41) is 18.9. The number of rotatable bonds is 3. The second-order valence-corrected chi connectivity index (χ2v) is 4.90. The fourth-order valence-electron chi connectivity index (χ4n) is 2.96. The van der Waals surface area contributed by atoms with Crippen molar-refractivity contribution < 1.29 is 9.90 Å². The van der Waals surface area contributed by atoms with Gasteiger partial charge in [-0.15, -0.1) is 0 Å². The molecule has 0 unspecified atom stereocenters. The number of amides is 1. The Morgan fingerprint density at radius 3 is 2.75 bits per heavy atom. The van der Waals surface area contributed by atoms with Gasteiger partial charge < -0.3 is 10.0 Å². The van der Waals surface area contributed by atoms with E-state index in [0.717, 1.165) is 11.1 Å². The van der Waals surface area contributed by atoms with Gasteiger partial charge in [-0.3, -0.25) is 4.79 Å². The van der Waals surface area contributed by atoms with Crippen LogP contribution in [0.5, 0.6) is 0 Å². The molecule has 0 saturated carbocycles. The van der Waals surface area contributed by atoms with Crippen LogP contribution in [0.4, 0.5) is 0 Å². The summed E-state index contributed by atoms with van der Waals surface area (Å²) in [4.78, 5) is 13.1. The zero-order chi connectivity index (χ0) is 14.7. The summed E-state index contributed by atoms with van der Waals surface area (Å²) in [5.74, 6) is -0.309. The van der Waals surface area contributed by atoms with Crippen molar-refractivity contribution in [2.45, 2.75) is 31.8 Å².